The number of hydrogen-bond acceptors (Lipinski definition) is 3. The quantitative estimate of drug-likeness (QED) is 0.887. The fraction of sp³-hybridized carbons (Fsp3) is 0.312. The molecule has 0 spiro atoms. The number of nitrogens with zero attached hydrogens (tertiary/aromatic N) is 1. The van der Waals surface area contributed by atoms with E-state index in [1.54, 1.807) is 12.3 Å². The van der Waals surface area contributed by atoms with Gasteiger partial charge in [-0.05, 0) is 24.1 Å². The smallest absolute Gasteiger partial charge is 0.162 e. The Morgan fingerprint density at radius 2 is 2.10 bits per heavy atom. The lowest BCUT2D eigenvalue weighted by molar-refractivity contribution is 0.175. The molecule has 1 aromatic heterocycles. The Hall–Kier alpha value is -2.01. The molecule has 1 unspecified atom stereocenters. The predicted octanol–water partition coefficient (Wildman–Crippen LogP) is 3.42. The molecule has 112 valence electrons. The largest absolute Gasteiger partial charge is 0.492 e. The van der Waals surface area contributed by atoms with Gasteiger partial charge in [0.25, 0.3) is 0 Å². The van der Waals surface area contributed by atoms with Crippen LogP contribution in [0.3, 0.4) is 0 Å². The molecule has 0 aliphatic rings. The second-order valence-electron chi connectivity index (χ2n) is 4.74. The van der Waals surface area contributed by atoms with Crippen LogP contribution in [0, 0.1) is 11.6 Å². The summed E-state index contributed by atoms with van der Waals surface area (Å²) in [6.07, 6.45) is 2.90. The van der Waals surface area contributed by atoms with Gasteiger partial charge < -0.3 is 9.84 Å². The van der Waals surface area contributed by atoms with Crippen molar-refractivity contribution in [2.75, 3.05) is 6.61 Å². The first-order valence-corrected chi connectivity index (χ1v) is 6.80. The average molecular weight is 293 g/mol. The molecule has 0 radical (unpaired) electrons. The summed E-state index contributed by atoms with van der Waals surface area (Å²) in [5.41, 5.74) is 0.634. The molecule has 0 aliphatic carbocycles. The summed E-state index contributed by atoms with van der Waals surface area (Å²) in [7, 11) is 0. The van der Waals surface area contributed by atoms with Crippen molar-refractivity contribution in [3.05, 3.63) is 59.4 Å². The highest BCUT2D eigenvalue weighted by Gasteiger charge is 2.15. The van der Waals surface area contributed by atoms with Gasteiger partial charge in [-0.3, -0.25) is 4.98 Å². The highest BCUT2D eigenvalue weighted by Crippen LogP contribution is 2.23. The molecule has 1 N–H and O–H groups in total. The zero-order valence-corrected chi connectivity index (χ0v) is 11.7. The zero-order valence-electron chi connectivity index (χ0n) is 11.7. The van der Waals surface area contributed by atoms with Crippen LogP contribution in [-0.2, 0) is 6.42 Å². The van der Waals surface area contributed by atoms with Crippen LogP contribution in [-0.4, -0.2) is 16.7 Å². The van der Waals surface area contributed by atoms with Crippen molar-refractivity contribution >= 4 is 0 Å². The second-order valence-corrected chi connectivity index (χ2v) is 4.74. The summed E-state index contributed by atoms with van der Waals surface area (Å²) < 4.78 is 32.2. The van der Waals surface area contributed by atoms with E-state index in [0.717, 1.165) is 12.5 Å². The summed E-state index contributed by atoms with van der Waals surface area (Å²) in [6.45, 7) is 2.54. The molecule has 0 amide bonds. The third kappa shape index (κ3) is 3.98. The summed E-state index contributed by atoms with van der Waals surface area (Å²) >= 11 is 0. The van der Waals surface area contributed by atoms with E-state index in [1.165, 1.54) is 18.3 Å². The van der Waals surface area contributed by atoms with E-state index in [0.29, 0.717) is 17.9 Å². The van der Waals surface area contributed by atoms with E-state index >= 15 is 0 Å². The number of pyridine rings is 1. The number of aromatic nitrogens is 1. The molecular weight excluding hydrogens is 276 g/mol. The van der Waals surface area contributed by atoms with Crippen LogP contribution in [0.5, 0.6) is 5.75 Å². The first-order chi connectivity index (χ1) is 10.1. The van der Waals surface area contributed by atoms with Crippen LogP contribution in [0.1, 0.15) is 30.6 Å². The van der Waals surface area contributed by atoms with Gasteiger partial charge in [-0.1, -0.05) is 19.1 Å². The van der Waals surface area contributed by atoms with Gasteiger partial charge in [0, 0.05) is 18.2 Å². The SMILES string of the molecule is CCCOc1cncc(C(O)Cc2cccc(F)c2F)c1. The van der Waals surface area contributed by atoms with E-state index < -0.39 is 17.7 Å². The number of halogens is 2. The van der Waals surface area contributed by atoms with Gasteiger partial charge in [0.05, 0.1) is 18.9 Å². The monoisotopic (exact) mass is 293 g/mol. The lowest BCUT2D eigenvalue weighted by Crippen LogP contribution is -2.06. The molecule has 0 saturated carbocycles. The minimum absolute atomic E-state index is 0.0253. The molecule has 5 heteroatoms. The van der Waals surface area contributed by atoms with Crippen molar-refractivity contribution in [3.63, 3.8) is 0 Å². The molecule has 1 aromatic carbocycles. The average Bonchev–Trinajstić information content (AvgIpc) is 2.50. The lowest BCUT2D eigenvalue weighted by atomic mass is 10.0. The number of hydrogen-bond donors (Lipinski definition) is 1. The summed E-state index contributed by atoms with van der Waals surface area (Å²) in [5.74, 6) is -1.30. The third-order valence-corrected chi connectivity index (χ3v) is 3.04. The van der Waals surface area contributed by atoms with Gasteiger partial charge in [-0.25, -0.2) is 8.78 Å². The molecular formula is C16H17F2NO2. The van der Waals surface area contributed by atoms with Crippen molar-refractivity contribution in [3.8, 4) is 5.75 Å². The van der Waals surface area contributed by atoms with Gasteiger partial charge in [-0.2, -0.15) is 0 Å². The summed E-state index contributed by atoms with van der Waals surface area (Å²) in [6, 6.07) is 5.57. The molecule has 2 aromatic rings. The molecule has 2 rings (SSSR count). The lowest BCUT2D eigenvalue weighted by Gasteiger charge is -2.13. The van der Waals surface area contributed by atoms with Crippen LogP contribution in [0.2, 0.25) is 0 Å². The Kier molecular flexibility index (Phi) is 5.22. The molecule has 21 heavy (non-hydrogen) atoms. The predicted molar refractivity (Wildman–Crippen MR) is 75.0 cm³/mol. The van der Waals surface area contributed by atoms with Crippen molar-refractivity contribution < 1.29 is 18.6 Å². The fourth-order valence-electron chi connectivity index (χ4n) is 1.95. The Morgan fingerprint density at radius 1 is 1.29 bits per heavy atom. The number of aliphatic hydroxyl groups is 1. The van der Waals surface area contributed by atoms with Crippen LogP contribution in [0.4, 0.5) is 8.78 Å². The Balaban J connectivity index is 2.12. The molecule has 3 nitrogen and oxygen atoms in total. The molecule has 0 bridgehead atoms. The number of benzene rings is 1. The first-order valence-electron chi connectivity index (χ1n) is 6.80. The zero-order chi connectivity index (χ0) is 15.2. The first kappa shape index (κ1) is 15.4. The fourth-order valence-corrected chi connectivity index (χ4v) is 1.95. The van der Waals surface area contributed by atoms with Crippen molar-refractivity contribution in [1.29, 1.82) is 0 Å². The molecule has 1 heterocycles. The van der Waals surface area contributed by atoms with Crippen molar-refractivity contribution in [1.82, 2.24) is 4.98 Å². The van der Waals surface area contributed by atoms with E-state index in [4.69, 9.17) is 4.74 Å². The molecule has 0 aliphatic heterocycles. The topological polar surface area (TPSA) is 42.4 Å². The van der Waals surface area contributed by atoms with E-state index in [2.05, 4.69) is 4.98 Å². The Bertz CT molecular complexity index is 605. The maximum Gasteiger partial charge on any atom is 0.162 e. The van der Waals surface area contributed by atoms with Crippen LogP contribution >= 0.6 is 0 Å². The Morgan fingerprint density at radius 3 is 2.86 bits per heavy atom. The minimum atomic E-state index is -0.973. The van der Waals surface area contributed by atoms with E-state index in [-0.39, 0.29) is 12.0 Å². The highest BCUT2D eigenvalue weighted by atomic mass is 19.2. The van der Waals surface area contributed by atoms with Crippen molar-refractivity contribution in [2.24, 2.45) is 0 Å². The summed E-state index contributed by atoms with van der Waals surface area (Å²) in [5, 5.41) is 10.2. The van der Waals surface area contributed by atoms with Gasteiger partial charge in [0.2, 0.25) is 0 Å². The van der Waals surface area contributed by atoms with Gasteiger partial charge in [0.15, 0.2) is 11.6 Å². The van der Waals surface area contributed by atoms with E-state index in [1.807, 2.05) is 6.92 Å². The van der Waals surface area contributed by atoms with E-state index in [9.17, 15) is 13.9 Å². The molecule has 0 fully saturated rings. The van der Waals surface area contributed by atoms with Crippen LogP contribution in [0.15, 0.2) is 36.7 Å². The normalized spacial score (nSPS) is 12.2. The standard InChI is InChI=1S/C16H17F2NO2/c1-2-6-21-13-7-12(9-19-10-13)15(20)8-11-4-3-5-14(17)16(11)18/h3-5,7,9-10,15,20H,2,6,8H2,1H3. The van der Waals surface area contributed by atoms with Gasteiger partial charge in [-0.15, -0.1) is 0 Å². The summed E-state index contributed by atoms with van der Waals surface area (Å²) in [4.78, 5) is 3.99. The number of rotatable bonds is 6. The highest BCUT2D eigenvalue weighted by molar-refractivity contribution is 5.27. The van der Waals surface area contributed by atoms with Crippen LogP contribution in [0.25, 0.3) is 0 Å². The van der Waals surface area contributed by atoms with Gasteiger partial charge >= 0.3 is 0 Å². The maximum absolute atomic E-state index is 13.6. The number of ether oxygens (including phenoxy) is 1. The van der Waals surface area contributed by atoms with Crippen molar-refractivity contribution in [2.45, 2.75) is 25.9 Å². The minimum Gasteiger partial charge on any atom is -0.492 e. The third-order valence-electron chi connectivity index (χ3n) is 3.04. The van der Waals surface area contributed by atoms with Gasteiger partial charge in [0.1, 0.15) is 5.75 Å². The molecule has 0 saturated heterocycles. The van der Waals surface area contributed by atoms with Crippen LogP contribution < -0.4 is 4.74 Å². The maximum atomic E-state index is 13.6. The Labute approximate surface area is 122 Å². The number of aliphatic hydroxyl groups excluding tert-OH is 1. The second kappa shape index (κ2) is 7.13. The molecule has 1 atom stereocenters.